The lowest BCUT2D eigenvalue weighted by Gasteiger charge is -2.38. The largest absolute Gasteiger partial charge is 0.480 e. The Bertz CT molecular complexity index is 364. The van der Waals surface area contributed by atoms with Crippen molar-refractivity contribution in [3.63, 3.8) is 0 Å². The molecule has 20 heavy (non-hydrogen) atoms. The summed E-state index contributed by atoms with van der Waals surface area (Å²) in [5.74, 6) is -0.670. The SMILES string of the molecule is CC1CCCC(NC(=O)C2CCCCCN2)(C(=O)O)C1. The molecule has 1 aliphatic heterocycles. The van der Waals surface area contributed by atoms with Crippen molar-refractivity contribution in [2.45, 2.75) is 69.9 Å². The van der Waals surface area contributed by atoms with Crippen LogP contribution in [0.15, 0.2) is 0 Å². The third-order valence-corrected chi connectivity index (χ3v) is 4.65. The van der Waals surface area contributed by atoms with Crippen LogP contribution in [0.25, 0.3) is 0 Å². The first-order valence-corrected chi connectivity index (χ1v) is 7.82. The first-order valence-electron chi connectivity index (χ1n) is 7.82. The molecule has 3 unspecified atom stereocenters. The maximum absolute atomic E-state index is 12.4. The lowest BCUT2D eigenvalue weighted by molar-refractivity contribution is -0.150. The van der Waals surface area contributed by atoms with Crippen LogP contribution in [0.1, 0.15) is 58.3 Å². The normalized spacial score (nSPS) is 35.0. The fourth-order valence-corrected chi connectivity index (χ4v) is 3.49. The van der Waals surface area contributed by atoms with Crippen LogP contribution >= 0.6 is 0 Å². The number of nitrogens with one attached hydrogen (secondary N) is 2. The number of amides is 1. The lowest BCUT2D eigenvalue weighted by Crippen LogP contribution is -2.60. The molecule has 5 heteroatoms. The Hall–Kier alpha value is -1.10. The third-order valence-electron chi connectivity index (χ3n) is 4.65. The van der Waals surface area contributed by atoms with Crippen LogP contribution in [0.4, 0.5) is 0 Å². The number of carboxylic acid groups (broad SMARTS) is 1. The molecule has 3 atom stereocenters. The van der Waals surface area contributed by atoms with E-state index in [1.54, 1.807) is 0 Å². The summed E-state index contributed by atoms with van der Waals surface area (Å²) in [4.78, 5) is 24.1. The van der Waals surface area contributed by atoms with Gasteiger partial charge in [-0.1, -0.05) is 32.6 Å². The summed E-state index contributed by atoms with van der Waals surface area (Å²) >= 11 is 0. The molecule has 114 valence electrons. The Balaban J connectivity index is 2.03. The topological polar surface area (TPSA) is 78.4 Å². The summed E-state index contributed by atoms with van der Waals surface area (Å²) in [6, 6.07) is -0.231. The first-order chi connectivity index (χ1) is 9.53. The zero-order chi connectivity index (χ0) is 14.6. The van der Waals surface area contributed by atoms with E-state index in [4.69, 9.17) is 0 Å². The molecular weight excluding hydrogens is 256 g/mol. The summed E-state index contributed by atoms with van der Waals surface area (Å²) in [7, 11) is 0. The van der Waals surface area contributed by atoms with Gasteiger partial charge in [0.1, 0.15) is 5.54 Å². The summed E-state index contributed by atoms with van der Waals surface area (Å²) in [5, 5.41) is 15.7. The molecule has 2 rings (SSSR count). The molecule has 0 radical (unpaired) electrons. The van der Waals surface area contributed by atoms with Crippen molar-refractivity contribution >= 4 is 11.9 Å². The Morgan fingerprint density at radius 3 is 2.70 bits per heavy atom. The van der Waals surface area contributed by atoms with Gasteiger partial charge in [-0.2, -0.15) is 0 Å². The molecule has 2 aliphatic rings. The number of carbonyl (C=O) groups excluding carboxylic acids is 1. The van der Waals surface area contributed by atoms with Gasteiger partial charge in [0.15, 0.2) is 0 Å². The van der Waals surface area contributed by atoms with E-state index in [-0.39, 0.29) is 11.9 Å². The van der Waals surface area contributed by atoms with Crippen molar-refractivity contribution in [2.24, 2.45) is 5.92 Å². The average Bonchev–Trinajstić information content (AvgIpc) is 2.67. The van der Waals surface area contributed by atoms with Gasteiger partial charge < -0.3 is 15.7 Å². The van der Waals surface area contributed by atoms with Crippen LogP contribution in [-0.2, 0) is 9.59 Å². The zero-order valence-corrected chi connectivity index (χ0v) is 12.3. The molecule has 0 spiro atoms. The second kappa shape index (κ2) is 6.57. The lowest BCUT2D eigenvalue weighted by atomic mass is 9.76. The second-order valence-electron chi connectivity index (χ2n) is 6.43. The van der Waals surface area contributed by atoms with Crippen molar-refractivity contribution in [2.75, 3.05) is 6.54 Å². The molecule has 1 amide bonds. The molecule has 3 N–H and O–H groups in total. The molecule has 0 aromatic rings. The number of rotatable bonds is 3. The number of carboxylic acids is 1. The molecule has 2 fully saturated rings. The molecule has 1 saturated heterocycles. The highest BCUT2D eigenvalue weighted by atomic mass is 16.4. The first kappa shape index (κ1) is 15.3. The van der Waals surface area contributed by atoms with Crippen molar-refractivity contribution in [3.8, 4) is 0 Å². The smallest absolute Gasteiger partial charge is 0.329 e. The van der Waals surface area contributed by atoms with Crippen molar-refractivity contribution < 1.29 is 14.7 Å². The van der Waals surface area contributed by atoms with Crippen LogP contribution in [0.3, 0.4) is 0 Å². The van der Waals surface area contributed by atoms with Crippen LogP contribution in [0, 0.1) is 5.92 Å². The van der Waals surface area contributed by atoms with Crippen molar-refractivity contribution in [3.05, 3.63) is 0 Å². The summed E-state index contributed by atoms with van der Waals surface area (Å²) in [6.07, 6.45) is 7.06. The fourth-order valence-electron chi connectivity index (χ4n) is 3.49. The molecular formula is C15H26N2O3. The minimum absolute atomic E-state index is 0.136. The standard InChI is InChI=1S/C15H26N2O3/c1-11-6-5-8-15(10-11,14(19)20)17-13(18)12-7-3-2-4-9-16-12/h11-12,16H,2-10H2,1H3,(H,17,18)(H,19,20). The van der Waals surface area contributed by atoms with E-state index in [1.165, 1.54) is 0 Å². The van der Waals surface area contributed by atoms with Gasteiger partial charge in [-0.3, -0.25) is 4.79 Å². The van der Waals surface area contributed by atoms with Crippen LogP contribution in [0.2, 0.25) is 0 Å². The number of aliphatic carboxylic acids is 1. The summed E-state index contributed by atoms with van der Waals surface area (Å²) in [5.41, 5.74) is -1.05. The van der Waals surface area contributed by atoms with Gasteiger partial charge >= 0.3 is 5.97 Å². The Labute approximate surface area is 120 Å². The fraction of sp³-hybridized carbons (Fsp3) is 0.867. The summed E-state index contributed by atoms with van der Waals surface area (Å²) in [6.45, 7) is 2.90. The molecule has 1 heterocycles. The van der Waals surface area contributed by atoms with E-state index in [1.807, 2.05) is 0 Å². The van der Waals surface area contributed by atoms with Gasteiger partial charge in [-0.05, 0) is 38.1 Å². The Morgan fingerprint density at radius 2 is 2.00 bits per heavy atom. The van der Waals surface area contributed by atoms with E-state index in [0.29, 0.717) is 18.8 Å². The predicted octanol–water partition coefficient (Wildman–Crippen LogP) is 1.67. The molecule has 1 aliphatic carbocycles. The van der Waals surface area contributed by atoms with E-state index < -0.39 is 11.5 Å². The van der Waals surface area contributed by atoms with Gasteiger partial charge in [0, 0.05) is 0 Å². The highest BCUT2D eigenvalue weighted by Gasteiger charge is 2.44. The summed E-state index contributed by atoms with van der Waals surface area (Å²) < 4.78 is 0. The quantitative estimate of drug-likeness (QED) is 0.736. The third kappa shape index (κ3) is 3.51. The van der Waals surface area contributed by atoms with Gasteiger partial charge in [-0.15, -0.1) is 0 Å². The number of carbonyl (C=O) groups is 2. The molecule has 0 aromatic carbocycles. The maximum atomic E-state index is 12.4. The maximum Gasteiger partial charge on any atom is 0.329 e. The van der Waals surface area contributed by atoms with Crippen molar-refractivity contribution in [1.29, 1.82) is 0 Å². The van der Waals surface area contributed by atoms with Crippen LogP contribution in [-0.4, -0.2) is 35.1 Å². The van der Waals surface area contributed by atoms with Gasteiger partial charge in [-0.25, -0.2) is 4.79 Å². The highest BCUT2D eigenvalue weighted by Crippen LogP contribution is 2.32. The van der Waals surface area contributed by atoms with Crippen molar-refractivity contribution in [1.82, 2.24) is 10.6 Å². The molecule has 5 nitrogen and oxygen atoms in total. The minimum Gasteiger partial charge on any atom is -0.480 e. The van der Waals surface area contributed by atoms with Crippen LogP contribution < -0.4 is 10.6 Å². The van der Waals surface area contributed by atoms with E-state index in [9.17, 15) is 14.7 Å². The van der Waals surface area contributed by atoms with Gasteiger partial charge in [0.05, 0.1) is 6.04 Å². The van der Waals surface area contributed by atoms with Crippen LogP contribution in [0.5, 0.6) is 0 Å². The highest BCUT2D eigenvalue weighted by molar-refractivity contribution is 5.89. The molecule has 1 saturated carbocycles. The van der Waals surface area contributed by atoms with Gasteiger partial charge in [0.2, 0.25) is 5.91 Å². The predicted molar refractivity (Wildman–Crippen MR) is 76.4 cm³/mol. The zero-order valence-electron chi connectivity index (χ0n) is 12.3. The second-order valence-corrected chi connectivity index (χ2v) is 6.43. The molecule has 0 bridgehead atoms. The number of hydrogen-bond acceptors (Lipinski definition) is 3. The van der Waals surface area contributed by atoms with E-state index in [2.05, 4.69) is 17.6 Å². The van der Waals surface area contributed by atoms with Gasteiger partial charge in [0.25, 0.3) is 0 Å². The molecule has 0 aromatic heterocycles. The average molecular weight is 282 g/mol. The minimum atomic E-state index is -1.05. The monoisotopic (exact) mass is 282 g/mol. The Morgan fingerprint density at radius 1 is 1.20 bits per heavy atom. The Kier molecular flexibility index (Phi) is 5.02. The van der Waals surface area contributed by atoms with E-state index >= 15 is 0 Å². The van der Waals surface area contributed by atoms with E-state index in [0.717, 1.165) is 45.1 Å². The number of hydrogen-bond donors (Lipinski definition) is 3.